The summed E-state index contributed by atoms with van der Waals surface area (Å²) < 4.78 is 10.2. The first-order valence-electron chi connectivity index (χ1n) is 5.30. The summed E-state index contributed by atoms with van der Waals surface area (Å²) in [6.07, 6.45) is -0.0153. The van der Waals surface area contributed by atoms with Gasteiger partial charge in [0.1, 0.15) is 5.39 Å². The Morgan fingerprint density at radius 3 is 2.94 bits per heavy atom. The largest absolute Gasteiger partial charge is 0.450 e. The Morgan fingerprint density at radius 1 is 1.47 bits per heavy atom. The fraction of sp³-hybridized carbons (Fsp3) is 0.333. The number of hydrogen-bond donors (Lipinski definition) is 0. The predicted octanol–water partition coefficient (Wildman–Crippen LogP) is 2.88. The van der Waals surface area contributed by atoms with Crippen molar-refractivity contribution < 1.29 is 9.15 Å². The van der Waals surface area contributed by atoms with Crippen LogP contribution in [0.5, 0.6) is 6.08 Å². The Morgan fingerprint density at radius 2 is 2.24 bits per heavy atom. The SMILES string of the molecule is CC(C)COc1nc2cccc(Cl)c2c(=O)o1. The molecule has 0 radical (unpaired) electrons. The lowest BCUT2D eigenvalue weighted by Crippen LogP contribution is -2.09. The average molecular weight is 254 g/mol. The molecule has 0 unspecified atom stereocenters. The molecule has 0 aliphatic heterocycles. The van der Waals surface area contributed by atoms with Gasteiger partial charge in [0.25, 0.3) is 0 Å². The fourth-order valence-electron chi connectivity index (χ4n) is 1.36. The van der Waals surface area contributed by atoms with Crippen LogP contribution in [0.2, 0.25) is 5.02 Å². The first-order chi connectivity index (χ1) is 8.08. The maximum absolute atomic E-state index is 11.7. The topological polar surface area (TPSA) is 52.3 Å². The van der Waals surface area contributed by atoms with Crippen molar-refractivity contribution in [1.29, 1.82) is 0 Å². The van der Waals surface area contributed by atoms with Gasteiger partial charge in [-0.15, -0.1) is 0 Å². The molecule has 0 fully saturated rings. The zero-order chi connectivity index (χ0) is 12.4. The van der Waals surface area contributed by atoms with E-state index in [0.29, 0.717) is 23.1 Å². The molecular formula is C12H12ClNO3. The molecule has 0 saturated heterocycles. The number of rotatable bonds is 3. The number of aromatic nitrogens is 1. The molecule has 17 heavy (non-hydrogen) atoms. The highest BCUT2D eigenvalue weighted by molar-refractivity contribution is 6.35. The third kappa shape index (κ3) is 2.58. The molecule has 1 heterocycles. The van der Waals surface area contributed by atoms with Crippen LogP contribution in [0.25, 0.3) is 10.9 Å². The number of ether oxygens (including phenoxy) is 1. The molecule has 1 aromatic heterocycles. The molecule has 0 atom stereocenters. The summed E-state index contributed by atoms with van der Waals surface area (Å²) in [5, 5.41) is 0.616. The van der Waals surface area contributed by atoms with Gasteiger partial charge in [0, 0.05) is 0 Å². The zero-order valence-corrected chi connectivity index (χ0v) is 10.3. The van der Waals surface area contributed by atoms with Crippen molar-refractivity contribution in [1.82, 2.24) is 4.98 Å². The van der Waals surface area contributed by atoms with Crippen molar-refractivity contribution in [2.24, 2.45) is 5.92 Å². The molecule has 0 N–H and O–H groups in total. The minimum atomic E-state index is -0.528. The van der Waals surface area contributed by atoms with Gasteiger partial charge in [0.2, 0.25) is 0 Å². The van der Waals surface area contributed by atoms with Crippen molar-refractivity contribution in [3.05, 3.63) is 33.6 Å². The predicted molar refractivity (Wildman–Crippen MR) is 65.6 cm³/mol. The van der Waals surface area contributed by atoms with E-state index in [1.54, 1.807) is 18.2 Å². The summed E-state index contributed by atoms with van der Waals surface area (Å²) in [6.45, 7) is 4.44. The van der Waals surface area contributed by atoms with E-state index < -0.39 is 5.63 Å². The highest BCUT2D eigenvalue weighted by Crippen LogP contribution is 2.20. The van der Waals surface area contributed by atoms with E-state index in [-0.39, 0.29) is 11.5 Å². The van der Waals surface area contributed by atoms with Crippen LogP contribution in [0.4, 0.5) is 0 Å². The minimum absolute atomic E-state index is 0.0153. The second kappa shape index (κ2) is 4.75. The van der Waals surface area contributed by atoms with E-state index >= 15 is 0 Å². The van der Waals surface area contributed by atoms with Crippen LogP contribution in [0.15, 0.2) is 27.4 Å². The summed E-state index contributed by atoms with van der Waals surface area (Å²) in [7, 11) is 0. The quantitative estimate of drug-likeness (QED) is 0.844. The van der Waals surface area contributed by atoms with Gasteiger partial charge in [-0.25, -0.2) is 4.79 Å². The van der Waals surface area contributed by atoms with Crippen molar-refractivity contribution >= 4 is 22.5 Å². The first-order valence-corrected chi connectivity index (χ1v) is 5.68. The van der Waals surface area contributed by atoms with Crippen LogP contribution >= 0.6 is 11.6 Å². The van der Waals surface area contributed by atoms with E-state index in [9.17, 15) is 4.79 Å². The molecule has 4 nitrogen and oxygen atoms in total. The molecule has 2 aromatic rings. The van der Waals surface area contributed by atoms with Crippen LogP contribution in [0.1, 0.15) is 13.8 Å². The van der Waals surface area contributed by atoms with Crippen molar-refractivity contribution in [2.75, 3.05) is 6.61 Å². The van der Waals surface area contributed by atoms with Crippen LogP contribution in [-0.2, 0) is 0 Å². The van der Waals surface area contributed by atoms with Crippen LogP contribution in [0.3, 0.4) is 0 Å². The number of fused-ring (bicyclic) bond motifs is 1. The van der Waals surface area contributed by atoms with Crippen molar-refractivity contribution in [2.45, 2.75) is 13.8 Å². The number of halogens is 1. The Labute approximate surface area is 103 Å². The molecule has 0 spiro atoms. The Hall–Kier alpha value is -1.55. The van der Waals surface area contributed by atoms with Gasteiger partial charge in [-0.05, 0) is 18.1 Å². The van der Waals surface area contributed by atoms with Crippen LogP contribution in [-0.4, -0.2) is 11.6 Å². The first kappa shape index (κ1) is 11.9. The molecule has 0 aliphatic carbocycles. The summed E-state index contributed by atoms with van der Waals surface area (Å²) in [4.78, 5) is 15.8. The number of hydrogen-bond acceptors (Lipinski definition) is 4. The second-order valence-corrected chi connectivity index (χ2v) is 4.51. The Bertz CT molecular complexity index is 592. The van der Waals surface area contributed by atoms with Crippen molar-refractivity contribution in [3.8, 4) is 6.08 Å². The van der Waals surface area contributed by atoms with Crippen LogP contribution in [0, 0.1) is 5.92 Å². The van der Waals surface area contributed by atoms with Crippen molar-refractivity contribution in [3.63, 3.8) is 0 Å². The average Bonchev–Trinajstić information content (AvgIpc) is 2.26. The van der Waals surface area contributed by atoms with Gasteiger partial charge in [-0.1, -0.05) is 31.5 Å². The van der Waals surface area contributed by atoms with Gasteiger partial charge in [0.05, 0.1) is 17.1 Å². The second-order valence-electron chi connectivity index (χ2n) is 4.11. The van der Waals surface area contributed by atoms with E-state index in [0.717, 1.165) is 0 Å². The van der Waals surface area contributed by atoms with Gasteiger partial charge in [-0.2, -0.15) is 4.98 Å². The fourth-order valence-corrected chi connectivity index (χ4v) is 1.61. The van der Waals surface area contributed by atoms with E-state index in [4.69, 9.17) is 20.8 Å². The summed E-state index contributed by atoms with van der Waals surface area (Å²) in [5.41, 5.74) is -0.0492. The molecule has 90 valence electrons. The zero-order valence-electron chi connectivity index (χ0n) is 9.57. The maximum atomic E-state index is 11.7. The number of benzene rings is 1. The van der Waals surface area contributed by atoms with Gasteiger partial charge >= 0.3 is 11.7 Å². The summed E-state index contributed by atoms with van der Waals surface area (Å²) in [6, 6.07) is 5.04. The number of nitrogens with zero attached hydrogens (tertiary/aromatic N) is 1. The smallest absolute Gasteiger partial charge is 0.397 e. The molecule has 0 saturated carbocycles. The minimum Gasteiger partial charge on any atom is -0.450 e. The lowest BCUT2D eigenvalue weighted by atomic mass is 10.2. The molecule has 2 rings (SSSR count). The maximum Gasteiger partial charge on any atom is 0.397 e. The van der Waals surface area contributed by atoms with E-state index in [2.05, 4.69) is 4.98 Å². The van der Waals surface area contributed by atoms with E-state index in [1.165, 1.54) is 0 Å². The molecule has 0 aliphatic rings. The van der Waals surface area contributed by atoms with E-state index in [1.807, 2.05) is 13.8 Å². The van der Waals surface area contributed by atoms with Gasteiger partial charge in [0.15, 0.2) is 0 Å². The highest BCUT2D eigenvalue weighted by Gasteiger charge is 2.10. The molecule has 5 heteroatoms. The van der Waals surface area contributed by atoms with Crippen LogP contribution < -0.4 is 10.4 Å². The third-order valence-electron chi connectivity index (χ3n) is 2.13. The monoisotopic (exact) mass is 253 g/mol. The summed E-state index contributed by atoms with van der Waals surface area (Å²) >= 11 is 5.90. The lowest BCUT2D eigenvalue weighted by molar-refractivity contribution is 0.191. The van der Waals surface area contributed by atoms with Gasteiger partial charge < -0.3 is 9.15 Å². The standard InChI is InChI=1S/C12H12ClNO3/c1-7(2)6-16-12-14-9-5-3-4-8(13)10(9)11(15)17-12/h3-5,7H,6H2,1-2H3. The third-order valence-corrected chi connectivity index (χ3v) is 2.44. The lowest BCUT2D eigenvalue weighted by Gasteiger charge is -2.06. The molecule has 1 aromatic carbocycles. The molecule has 0 amide bonds. The molecule has 0 bridgehead atoms. The Balaban J connectivity index is 2.46. The normalized spacial score (nSPS) is 11.1. The highest BCUT2D eigenvalue weighted by atomic mass is 35.5. The van der Waals surface area contributed by atoms with Gasteiger partial charge in [-0.3, -0.25) is 0 Å². The Kier molecular flexibility index (Phi) is 3.33. The summed E-state index contributed by atoms with van der Waals surface area (Å²) in [5.74, 6) is 0.331. The molecular weight excluding hydrogens is 242 g/mol.